The fraction of sp³-hybridized carbons (Fsp3) is 0.609. The number of nitrogens with one attached hydrogen (secondary N) is 1. The highest BCUT2D eigenvalue weighted by atomic mass is 32.1. The van der Waals surface area contributed by atoms with Crippen molar-refractivity contribution in [3.8, 4) is 0 Å². The van der Waals surface area contributed by atoms with E-state index in [2.05, 4.69) is 34.5 Å². The first-order chi connectivity index (χ1) is 13.7. The fourth-order valence-electron chi connectivity index (χ4n) is 6.06. The van der Waals surface area contributed by atoms with Crippen molar-refractivity contribution in [1.82, 2.24) is 10.2 Å². The number of amides is 1. The Bertz CT molecular complexity index is 904. The third kappa shape index (κ3) is 2.66. The Labute approximate surface area is 170 Å². The lowest BCUT2D eigenvalue weighted by Gasteiger charge is -2.52. The van der Waals surface area contributed by atoms with Gasteiger partial charge in [-0.05, 0) is 80.5 Å². The largest absolute Gasteiger partial charge is 0.381 e. The van der Waals surface area contributed by atoms with Gasteiger partial charge >= 0.3 is 0 Å². The van der Waals surface area contributed by atoms with Gasteiger partial charge in [0.05, 0.1) is 10.9 Å². The molecule has 4 nitrogen and oxygen atoms in total. The molecule has 1 spiro atoms. The number of fused-ring (bicyclic) bond motifs is 3. The lowest BCUT2D eigenvalue weighted by atomic mass is 9.77. The predicted molar refractivity (Wildman–Crippen MR) is 112 cm³/mol. The van der Waals surface area contributed by atoms with Crippen molar-refractivity contribution >= 4 is 27.3 Å². The topological polar surface area (TPSA) is 41.6 Å². The van der Waals surface area contributed by atoms with Crippen LogP contribution in [-0.4, -0.2) is 48.7 Å². The molecule has 5 fully saturated rings. The second-order valence-corrected chi connectivity index (χ2v) is 10.2. The number of carbonyl (C=O) groups excluding carboxylic acids is 1. The first kappa shape index (κ1) is 17.4. The van der Waals surface area contributed by atoms with Gasteiger partial charge in [-0.25, -0.2) is 0 Å². The summed E-state index contributed by atoms with van der Waals surface area (Å²) in [5, 5.41) is 4.71. The highest BCUT2D eigenvalue weighted by Crippen LogP contribution is 2.53. The van der Waals surface area contributed by atoms with Gasteiger partial charge < -0.3 is 10.1 Å². The number of piperidine rings is 3. The number of hydrogen-bond donors (Lipinski definition) is 1. The van der Waals surface area contributed by atoms with Crippen molar-refractivity contribution in [2.45, 2.75) is 56.0 Å². The maximum absolute atomic E-state index is 13.2. The molecule has 7 rings (SSSR count). The van der Waals surface area contributed by atoms with Crippen LogP contribution >= 0.6 is 11.3 Å². The lowest BCUT2D eigenvalue weighted by Crippen LogP contribution is -2.65. The molecular formula is C23H28N2O2S. The summed E-state index contributed by atoms with van der Waals surface area (Å²) in [4.78, 5) is 16.8. The standard InChI is InChI=1S/C23H28N2O2S/c26-22(24-21-16-4-10-25(11-5-16)23(21)8-9-23)19-14-17-2-1-3-18(20(17)28-19)15-6-12-27-13-7-15/h1-3,14-16,21H,4-13H2,(H,24,26)/t21-/m0/s1. The summed E-state index contributed by atoms with van der Waals surface area (Å²) in [5.41, 5.74) is 1.70. The van der Waals surface area contributed by atoms with E-state index in [0.29, 0.717) is 23.4 Å². The van der Waals surface area contributed by atoms with Crippen LogP contribution in [0.15, 0.2) is 24.3 Å². The second kappa shape index (κ2) is 6.54. The van der Waals surface area contributed by atoms with Crippen LogP contribution < -0.4 is 5.32 Å². The van der Waals surface area contributed by atoms with Crippen molar-refractivity contribution in [2.75, 3.05) is 26.3 Å². The first-order valence-electron chi connectivity index (χ1n) is 10.9. The molecule has 2 bridgehead atoms. The van der Waals surface area contributed by atoms with Gasteiger partial charge in [-0.3, -0.25) is 9.69 Å². The molecule has 2 aromatic rings. The van der Waals surface area contributed by atoms with Gasteiger partial charge in [-0.15, -0.1) is 11.3 Å². The van der Waals surface area contributed by atoms with Crippen molar-refractivity contribution in [3.05, 3.63) is 34.7 Å². The van der Waals surface area contributed by atoms with E-state index in [4.69, 9.17) is 4.74 Å². The Morgan fingerprint density at radius 2 is 1.93 bits per heavy atom. The van der Waals surface area contributed by atoms with E-state index in [0.717, 1.165) is 30.9 Å². The summed E-state index contributed by atoms with van der Waals surface area (Å²) in [6.45, 7) is 4.16. The smallest absolute Gasteiger partial charge is 0.261 e. The molecule has 5 heteroatoms. The Morgan fingerprint density at radius 1 is 1.14 bits per heavy atom. The molecule has 1 amide bonds. The SMILES string of the molecule is O=C(N[C@H]1C2CCN(CC2)C12CC2)c1cc2cccc(C3CCOCC3)c2s1. The first-order valence-corrected chi connectivity index (χ1v) is 11.7. The Hall–Kier alpha value is -1.43. The number of carbonyl (C=O) groups is 1. The zero-order valence-electron chi connectivity index (χ0n) is 16.3. The molecule has 0 radical (unpaired) electrons. The third-order valence-corrected chi connectivity index (χ3v) is 8.93. The molecule has 1 aromatic heterocycles. The molecule has 148 valence electrons. The normalized spacial score (nSPS) is 31.4. The maximum Gasteiger partial charge on any atom is 0.261 e. The van der Waals surface area contributed by atoms with Gasteiger partial charge in [0, 0.05) is 23.5 Å². The van der Waals surface area contributed by atoms with Crippen LogP contribution in [0.4, 0.5) is 0 Å². The zero-order chi connectivity index (χ0) is 18.7. The molecule has 4 aliphatic heterocycles. The van der Waals surface area contributed by atoms with Crippen LogP contribution in [0.2, 0.25) is 0 Å². The van der Waals surface area contributed by atoms with E-state index in [1.54, 1.807) is 11.3 Å². The number of thiophene rings is 1. The van der Waals surface area contributed by atoms with E-state index in [1.165, 1.54) is 54.4 Å². The van der Waals surface area contributed by atoms with Crippen LogP contribution in [0.25, 0.3) is 10.1 Å². The van der Waals surface area contributed by atoms with Crippen molar-refractivity contribution in [3.63, 3.8) is 0 Å². The summed E-state index contributed by atoms with van der Waals surface area (Å²) >= 11 is 1.69. The van der Waals surface area contributed by atoms with E-state index in [1.807, 2.05) is 0 Å². The zero-order valence-corrected chi connectivity index (χ0v) is 17.1. The molecule has 1 aliphatic carbocycles. The summed E-state index contributed by atoms with van der Waals surface area (Å²) in [7, 11) is 0. The minimum Gasteiger partial charge on any atom is -0.381 e. The van der Waals surface area contributed by atoms with Gasteiger partial charge in [0.2, 0.25) is 0 Å². The average molecular weight is 397 g/mol. The van der Waals surface area contributed by atoms with Crippen LogP contribution in [0.3, 0.4) is 0 Å². The molecule has 5 aliphatic rings. The second-order valence-electron chi connectivity index (χ2n) is 9.14. The van der Waals surface area contributed by atoms with Gasteiger partial charge in [0.1, 0.15) is 0 Å². The Balaban J connectivity index is 1.28. The van der Waals surface area contributed by atoms with Gasteiger partial charge in [0.25, 0.3) is 5.91 Å². The summed E-state index contributed by atoms with van der Waals surface area (Å²) in [6, 6.07) is 9.01. The Morgan fingerprint density at radius 3 is 2.68 bits per heavy atom. The van der Waals surface area contributed by atoms with Crippen LogP contribution in [0.5, 0.6) is 0 Å². The van der Waals surface area contributed by atoms with Crippen molar-refractivity contribution in [1.29, 1.82) is 0 Å². The highest BCUT2D eigenvalue weighted by molar-refractivity contribution is 7.21. The number of hydrogen-bond acceptors (Lipinski definition) is 4. The number of nitrogens with zero attached hydrogens (tertiary/aromatic N) is 1. The minimum atomic E-state index is 0.143. The van der Waals surface area contributed by atoms with E-state index >= 15 is 0 Å². The summed E-state index contributed by atoms with van der Waals surface area (Å²) in [5.74, 6) is 1.37. The summed E-state index contributed by atoms with van der Waals surface area (Å²) in [6.07, 6.45) is 7.17. The van der Waals surface area contributed by atoms with Crippen molar-refractivity contribution < 1.29 is 9.53 Å². The average Bonchev–Trinajstić information content (AvgIpc) is 3.39. The van der Waals surface area contributed by atoms with Gasteiger partial charge in [0.15, 0.2) is 0 Å². The van der Waals surface area contributed by atoms with Crippen molar-refractivity contribution in [2.24, 2.45) is 5.92 Å². The van der Waals surface area contributed by atoms with Gasteiger partial charge in [-0.2, -0.15) is 0 Å². The van der Waals surface area contributed by atoms with Crippen LogP contribution in [0, 0.1) is 5.92 Å². The van der Waals surface area contributed by atoms with Crippen LogP contribution in [-0.2, 0) is 4.74 Å². The molecule has 5 heterocycles. The minimum absolute atomic E-state index is 0.143. The lowest BCUT2D eigenvalue weighted by molar-refractivity contribution is -0.00138. The third-order valence-electron chi connectivity index (χ3n) is 7.73. The number of benzene rings is 1. The van der Waals surface area contributed by atoms with E-state index in [9.17, 15) is 4.79 Å². The van der Waals surface area contributed by atoms with Gasteiger partial charge in [-0.1, -0.05) is 18.2 Å². The predicted octanol–water partition coefficient (Wildman–Crippen LogP) is 4.15. The molecular weight excluding hydrogens is 368 g/mol. The Kier molecular flexibility index (Phi) is 4.07. The molecule has 4 saturated heterocycles. The maximum atomic E-state index is 13.2. The molecule has 28 heavy (non-hydrogen) atoms. The quantitative estimate of drug-likeness (QED) is 0.847. The summed E-state index contributed by atoms with van der Waals surface area (Å²) < 4.78 is 6.85. The molecule has 0 unspecified atom stereocenters. The molecule has 1 atom stereocenters. The highest BCUT2D eigenvalue weighted by Gasteiger charge is 2.60. The molecule has 1 aromatic carbocycles. The number of rotatable bonds is 3. The monoisotopic (exact) mass is 396 g/mol. The fourth-order valence-corrected chi connectivity index (χ4v) is 7.22. The molecule has 1 N–H and O–H groups in total. The van der Waals surface area contributed by atoms with E-state index < -0.39 is 0 Å². The molecule has 1 saturated carbocycles. The van der Waals surface area contributed by atoms with Crippen LogP contribution in [0.1, 0.15) is 59.7 Å². The van der Waals surface area contributed by atoms with E-state index in [-0.39, 0.29) is 5.91 Å². The number of ether oxygens (including phenoxy) is 1.